The van der Waals surface area contributed by atoms with E-state index >= 15 is 0 Å². The minimum absolute atomic E-state index is 0.113. The molecule has 2 heterocycles. The maximum Gasteiger partial charge on any atom is 0.271 e. The van der Waals surface area contributed by atoms with Gasteiger partial charge in [-0.2, -0.15) is 5.10 Å². The predicted molar refractivity (Wildman–Crippen MR) is 103 cm³/mol. The van der Waals surface area contributed by atoms with Gasteiger partial charge in [-0.15, -0.1) is 0 Å². The smallest absolute Gasteiger partial charge is 0.271 e. The fourth-order valence-electron chi connectivity index (χ4n) is 3.37. The fraction of sp³-hybridized carbons (Fsp3) is 0.238. The summed E-state index contributed by atoms with van der Waals surface area (Å²) in [4.78, 5) is 14.8. The Kier molecular flexibility index (Phi) is 4.69. The molecular formula is C21H22N4O. The van der Waals surface area contributed by atoms with Crippen LogP contribution in [-0.4, -0.2) is 35.3 Å². The largest absolute Gasteiger partial charge is 0.371 e. The molecule has 0 radical (unpaired) electrons. The first-order valence-electron chi connectivity index (χ1n) is 8.99. The van der Waals surface area contributed by atoms with Crippen LogP contribution in [0.15, 0.2) is 72.9 Å². The molecule has 1 atom stereocenters. The Hall–Kier alpha value is -3.08. The average molecular weight is 346 g/mol. The number of nitrogens with zero attached hydrogens (tertiary/aromatic N) is 3. The van der Waals surface area contributed by atoms with Crippen molar-refractivity contribution in [2.75, 3.05) is 24.5 Å². The van der Waals surface area contributed by atoms with Crippen molar-refractivity contribution in [3.05, 3.63) is 78.6 Å². The lowest BCUT2D eigenvalue weighted by Gasteiger charge is -2.18. The van der Waals surface area contributed by atoms with E-state index in [0.29, 0.717) is 18.2 Å². The van der Waals surface area contributed by atoms with Crippen molar-refractivity contribution in [2.24, 2.45) is 5.92 Å². The second kappa shape index (κ2) is 7.44. The van der Waals surface area contributed by atoms with Crippen LogP contribution in [0.4, 0.5) is 5.69 Å². The normalized spacial score (nSPS) is 16.6. The van der Waals surface area contributed by atoms with Crippen LogP contribution in [0, 0.1) is 5.92 Å². The molecule has 26 heavy (non-hydrogen) atoms. The number of nitrogens with one attached hydrogen (secondary N) is 1. The SMILES string of the molecule is O=C(NC[C@@H]1CCN(c2ccccc2)C1)c1ccn(-c2ccccc2)n1. The van der Waals surface area contributed by atoms with Crippen LogP contribution in [0.5, 0.6) is 0 Å². The molecule has 0 spiro atoms. The van der Waals surface area contributed by atoms with Crippen LogP contribution in [0.3, 0.4) is 0 Å². The van der Waals surface area contributed by atoms with Crippen molar-refractivity contribution in [1.82, 2.24) is 15.1 Å². The van der Waals surface area contributed by atoms with Gasteiger partial charge in [0.2, 0.25) is 0 Å². The molecule has 5 heteroatoms. The fourth-order valence-corrected chi connectivity index (χ4v) is 3.37. The number of hydrogen-bond donors (Lipinski definition) is 1. The molecule has 1 aliphatic rings. The van der Waals surface area contributed by atoms with E-state index in [1.807, 2.05) is 42.6 Å². The third-order valence-corrected chi connectivity index (χ3v) is 4.80. The maximum absolute atomic E-state index is 12.4. The molecule has 132 valence electrons. The summed E-state index contributed by atoms with van der Waals surface area (Å²) in [5.74, 6) is 0.355. The second-order valence-corrected chi connectivity index (χ2v) is 6.63. The summed E-state index contributed by atoms with van der Waals surface area (Å²) in [6.45, 7) is 2.69. The number of carbonyl (C=O) groups is 1. The number of anilines is 1. The summed E-state index contributed by atoms with van der Waals surface area (Å²) < 4.78 is 1.72. The van der Waals surface area contributed by atoms with E-state index in [1.165, 1.54) is 5.69 Å². The summed E-state index contributed by atoms with van der Waals surface area (Å²) in [7, 11) is 0. The molecule has 4 rings (SSSR count). The number of para-hydroxylation sites is 2. The first kappa shape index (κ1) is 16.4. The van der Waals surface area contributed by atoms with Crippen LogP contribution >= 0.6 is 0 Å². The van der Waals surface area contributed by atoms with E-state index < -0.39 is 0 Å². The molecule has 1 amide bonds. The zero-order chi connectivity index (χ0) is 17.8. The van der Waals surface area contributed by atoms with Crippen LogP contribution in [0.25, 0.3) is 5.69 Å². The molecule has 0 unspecified atom stereocenters. The van der Waals surface area contributed by atoms with Crippen LogP contribution < -0.4 is 10.2 Å². The lowest BCUT2D eigenvalue weighted by Crippen LogP contribution is -2.31. The Labute approximate surface area is 153 Å². The van der Waals surface area contributed by atoms with Crippen molar-refractivity contribution < 1.29 is 4.79 Å². The van der Waals surface area contributed by atoms with Gasteiger partial charge in [-0.25, -0.2) is 4.68 Å². The van der Waals surface area contributed by atoms with Gasteiger partial charge in [-0.05, 0) is 42.7 Å². The number of benzene rings is 2. The van der Waals surface area contributed by atoms with Gasteiger partial charge >= 0.3 is 0 Å². The molecule has 1 aromatic heterocycles. The van der Waals surface area contributed by atoms with Crippen molar-refractivity contribution in [3.63, 3.8) is 0 Å². The number of amides is 1. The van der Waals surface area contributed by atoms with E-state index in [2.05, 4.69) is 39.6 Å². The van der Waals surface area contributed by atoms with Gasteiger partial charge in [0, 0.05) is 31.5 Å². The third-order valence-electron chi connectivity index (χ3n) is 4.80. The van der Waals surface area contributed by atoms with E-state index in [9.17, 15) is 4.79 Å². The van der Waals surface area contributed by atoms with Crippen molar-refractivity contribution >= 4 is 11.6 Å². The van der Waals surface area contributed by atoms with Gasteiger partial charge in [-0.3, -0.25) is 4.79 Å². The molecule has 5 nitrogen and oxygen atoms in total. The lowest BCUT2D eigenvalue weighted by molar-refractivity contribution is 0.0943. The van der Waals surface area contributed by atoms with Crippen molar-refractivity contribution in [1.29, 1.82) is 0 Å². The predicted octanol–water partition coefficient (Wildman–Crippen LogP) is 3.13. The van der Waals surface area contributed by atoms with Crippen molar-refractivity contribution in [3.8, 4) is 5.69 Å². The summed E-state index contributed by atoms with van der Waals surface area (Å²) in [6.07, 6.45) is 2.91. The van der Waals surface area contributed by atoms with Crippen LogP contribution in [0.1, 0.15) is 16.9 Å². The Morgan fingerprint density at radius 3 is 2.42 bits per heavy atom. The van der Waals surface area contributed by atoms with E-state index in [-0.39, 0.29) is 5.91 Å². The molecule has 1 fully saturated rings. The quantitative estimate of drug-likeness (QED) is 0.772. The Morgan fingerprint density at radius 2 is 1.69 bits per heavy atom. The molecule has 0 saturated carbocycles. The topological polar surface area (TPSA) is 50.2 Å². The zero-order valence-corrected chi connectivity index (χ0v) is 14.6. The Balaban J connectivity index is 1.32. The van der Waals surface area contributed by atoms with Gasteiger partial charge in [0.05, 0.1) is 5.69 Å². The first-order valence-corrected chi connectivity index (χ1v) is 8.99. The molecule has 1 N–H and O–H groups in total. The minimum Gasteiger partial charge on any atom is -0.371 e. The molecule has 0 bridgehead atoms. The summed E-state index contributed by atoms with van der Waals surface area (Å²) in [5, 5.41) is 7.42. The molecular weight excluding hydrogens is 324 g/mol. The van der Waals surface area contributed by atoms with Gasteiger partial charge in [0.1, 0.15) is 0 Å². The third kappa shape index (κ3) is 3.61. The van der Waals surface area contributed by atoms with Crippen molar-refractivity contribution in [2.45, 2.75) is 6.42 Å². The van der Waals surface area contributed by atoms with E-state index in [4.69, 9.17) is 0 Å². The number of rotatable bonds is 5. The van der Waals surface area contributed by atoms with Crippen LogP contribution in [-0.2, 0) is 0 Å². The number of carbonyl (C=O) groups excluding carboxylic acids is 1. The first-order chi connectivity index (χ1) is 12.8. The highest BCUT2D eigenvalue weighted by molar-refractivity contribution is 5.92. The number of hydrogen-bond acceptors (Lipinski definition) is 3. The lowest BCUT2D eigenvalue weighted by atomic mass is 10.1. The summed E-state index contributed by atoms with van der Waals surface area (Å²) >= 11 is 0. The molecule has 1 aliphatic heterocycles. The maximum atomic E-state index is 12.4. The van der Waals surface area contributed by atoms with E-state index in [1.54, 1.807) is 10.7 Å². The molecule has 0 aliphatic carbocycles. The minimum atomic E-state index is -0.113. The van der Waals surface area contributed by atoms with Gasteiger partial charge in [-0.1, -0.05) is 36.4 Å². The average Bonchev–Trinajstić information content (AvgIpc) is 3.37. The standard InChI is InChI=1S/C21H22N4O/c26-21(20-12-14-25(23-20)19-9-5-2-6-10-19)22-15-17-11-13-24(16-17)18-7-3-1-4-8-18/h1-10,12,14,17H,11,13,15-16H2,(H,22,26)/t17-/m0/s1. The molecule has 2 aromatic carbocycles. The van der Waals surface area contributed by atoms with Gasteiger partial charge in [0.25, 0.3) is 5.91 Å². The van der Waals surface area contributed by atoms with E-state index in [0.717, 1.165) is 25.2 Å². The highest BCUT2D eigenvalue weighted by Gasteiger charge is 2.23. The highest BCUT2D eigenvalue weighted by atomic mass is 16.1. The van der Waals surface area contributed by atoms with Gasteiger partial charge in [0.15, 0.2) is 5.69 Å². The van der Waals surface area contributed by atoms with Crippen LogP contribution in [0.2, 0.25) is 0 Å². The molecule has 1 saturated heterocycles. The molecule has 3 aromatic rings. The Bertz CT molecular complexity index is 860. The Morgan fingerprint density at radius 1 is 1.00 bits per heavy atom. The van der Waals surface area contributed by atoms with Gasteiger partial charge < -0.3 is 10.2 Å². The summed E-state index contributed by atoms with van der Waals surface area (Å²) in [5.41, 5.74) is 2.65. The second-order valence-electron chi connectivity index (χ2n) is 6.63. The zero-order valence-electron chi connectivity index (χ0n) is 14.6. The monoisotopic (exact) mass is 346 g/mol. The summed E-state index contributed by atoms with van der Waals surface area (Å²) in [6, 6.07) is 22.0. The number of aromatic nitrogens is 2. The highest BCUT2D eigenvalue weighted by Crippen LogP contribution is 2.23.